The number of rotatable bonds is 1. The van der Waals surface area contributed by atoms with Crippen LogP contribution in [0.15, 0.2) is 29.1 Å². The molecule has 1 aromatic heterocycles. The molecule has 19 heavy (non-hydrogen) atoms. The lowest BCUT2D eigenvalue weighted by Gasteiger charge is -2.24. The fourth-order valence-corrected chi connectivity index (χ4v) is 2.77. The summed E-state index contributed by atoms with van der Waals surface area (Å²) in [6, 6.07) is 8.36. The Morgan fingerprint density at radius 1 is 1.37 bits per heavy atom. The number of fused-ring (bicyclic) bond motifs is 1. The number of anilines is 1. The van der Waals surface area contributed by atoms with Crippen LogP contribution in [0, 0.1) is 6.92 Å². The van der Waals surface area contributed by atoms with Gasteiger partial charge in [-0.05, 0) is 37.3 Å². The minimum atomic E-state index is -0.134. The highest BCUT2D eigenvalue weighted by Gasteiger charge is 2.23. The van der Waals surface area contributed by atoms with Crippen molar-refractivity contribution in [2.24, 2.45) is 0 Å². The Hall–Kier alpha value is -2.10. The molecule has 0 amide bonds. The van der Waals surface area contributed by atoms with Gasteiger partial charge < -0.3 is 10.7 Å². The quantitative estimate of drug-likeness (QED) is 0.820. The summed E-state index contributed by atoms with van der Waals surface area (Å²) in [6.45, 7) is 1.69. The lowest BCUT2D eigenvalue weighted by Crippen LogP contribution is -2.21. The molecule has 1 unspecified atom stereocenters. The zero-order chi connectivity index (χ0) is 13.4. The van der Waals surface area contributed by atoms with E-state index in [1.54, 1.807) is 6.92 Å². The van der Waals surface area contributed by atoms with Crippen LogP contribution in [-0.4, -0.2) is 9.97 Å². The van der Waals surface area contributed by atoms with E-state index in [9.17, 15) is 4.79 Å². The Morgan fingerprint density at radius 3 is 2.95 bits per heavy atom. The Bertz CT molecular complexity index is 675. The molecule has 4 heteroatoms. The molecule has 3 N–H and O–H groups in total. The number of hydrogen-bond donors (Lipinski definition) is 2. The van der Waals surface area contributed by atoms with Crippen LogP contribution in [0.4, 0.5) is 5.82 Å². The third-order valence-corrected chi connectivity index (χ3v) is 3.91. The molecule has 1 heterocycles. The molecule has 1 aliphatic rings. The van der Waals surface area contributed by atoms with Crippen LogP contribution in [-0.2, 0) is 6.42 Å². The lowest BCUT2D eigenvalue weighted by molar-refractivity contribution is 0.588. The average Bonchev–Trinajstić information content (AvgIpc) is 2.43. The molecule has 0 aliphatic heterocycles. The van der Waals surface area contributed by atoms with Gasteiger partial charge in [0.1, 0.15) is 11.6 Å². The van der Waals surface area contributed by atoms with Crippen molar-refractivity contribution in [2.45, 2.75) is 32.1 Å². The van der Waals surface area contributed by atoms with Crippen molar-refractivity contribution in [3.05, 3.63) is 57.1 Å². The third-order valence-electron chi connectivity index (χ3n) is 3.91. The molecule has 0 fully saturated rings. The smallest absolute Gasteiger partial charge is 0.255 e. The predicted octanol–water partition coefficient (Wildman–Crippen LogP) is 2.13. The summed E-state index contributed by atoms with van der Waals surface area (Å²) in [5.74, 6) is 1.18. The number of nitrogen functional groups attached to an aromatic ring is 1. The minimum Gasteiger partial charge on any atom is -0.383 e. The van der Waals surface area contributed by atoms with Gasteiger partial charge in [0, 0.05) is 5.92 Å². The van der Waals surface area contributed by atoms with Gasteiger partial charge >= 0.3 is 0 Å². The highest BCUT2D eigenvalue weighted by atomic mass is 16.1. The highest BCUT2D eigenvalue weighted by molar-refractivity contribution is 5.40. The van der Waals surface area contributed by atoms with Gasteiger partial charge in [-0.15, -0.1) is 0 Å². The van der Waals surface area contributed by atoms with Crippen LogP contribution in [0.25, 0.3) is 0 Å². The van der Waals surface area contributed by atoms with Crippen molar-refractivity contribution >= 4 is 5.82 Å². The van der Waals surface area contributed by atoms with E-state index in [1.165, 1.54) is 11.1 Å². The lowest BCUT2D eigenvalue weighted by atomic mass is 9.82. The SMILES string of the molecule is Cc1c(N)nc(C2CCCc3ccccc32)[nH]c1=O. The van der Waals surface area contributed by atoms with E-state index in [0.717, 1.165) is 19.3 Å². The zero-order valence-electron chi connectivity index (χ0n) is 10.9. The van der Waals surface area contributed by atoms with Gasteiger partial charge in [0.15, 0.2) is 0 Å². The van der Waals surface area contributed by atoms with Crippen molar-refractivity contribution in [1.29, 1.82) is 0 Å². The second kappa shape index (κ2) is 4.53. The molecule has 0 bridgehead atoms. The van der Waals surface area contributed by atoms with Gasteiger partial charge in [-0.25, -0.2) is 4.98 Å². The largest absolute Gasteiger partial charge is 0.383 e. The summed E-state index contributed by atoms with van der Waals surface area (Å²) in [6.07, 6.45) is 3.21. The minimum absolute atomic E-state index is 0.134. The van der Waals surface area contributed by atoms with Gasteiger partial charge in [0.2, 0.25) is 0 Å². The molecule has 0 spiro atoms. The number of aromatic amines is 1. The summed E-state index contributed by atoms with van der Waals surface area (Å²) >= 11 is 0. The number of nitrogens with zero attached hydrogens (tertiary/aromatic N) is 1. The second-order valence-corrected chi connectivity index (χ2v) is 5.11. The summed E-state index contributed by atoms with van der Waals surface area (Å²) in [7, 11) is 0. The highest BCUT2D eigenvalue weighted by Crippen LogP contribution is 2.34. The average molecular weight is 255 g/mol. The standard InChI is InChI=1S/C15H17N3O/c1-9-13(16)17-14(18-15(9)19)12-8-4-6-10-5-2-3-7-11(10)12/h2-3,5,7,12H,4,6,8H2,1H3,(H3,16,17,18,19). The molecule has 0 saturated heterocycles. The summed E-state index contributed by atoms with van der Waals surface area (Å²) in [5, 5.41) is 0. The first-order valence-corrected chi connectivity index (χ1v) is 6.61. The molecular weight excluding hydrogens is 238 g/mol. The van der Waals surface area contributed by atoms with Crippen molar-refractivity contribution in [1.82, 2.24) is 9.97 Å². The molecule has 0 saturated carbocycles. The molecule has 1 aromatic carbocycles. The molecule has 1 aliphatic carbocycles. The zero-order valence-corrected chi connectivity index (χ0v) is 10.9. The molecule has 2 aromatic rings. The monoisotopic (exact) mass is 255 g/mol. The number of H-pyrrole nitrogens is 1. The maximum absolute atomic E-state index is 11.8. The number of nitrogens with one attached hydrogen (secondary N) is 1. The van der Waals surface area contributed by atoms with Crippen LogP contribution in [0.2, 0.25) is 0 Å². The summed E-state index contributed by atoms with van der Waals surface area (Å²) in [4.78, 5) is 19.1. The van der Waals surface area contributed by atoms with Gasteiger partial charge in [0.05, 0.1) is 5.56 Å². The van der Waals surface area contributed by atoms with E-state index >= 15 is 0 Å². The van der Waals surface area contributed by atoms with Crippen molar-refractivity contribution in [3.63, 3.8) is 0 Å². The summed E-state index contributed by atoms with van der Waals surface area (Å²) < 4.78 is 0. The molecule has 1 atom stereocenters. The number of hydrogen-bond acceptors (Lipinski definition) is 3. The first-order valence-electron chi connectivity index (χ1n) is 6.61. The number of aryl methyl sites for hydroxylation is 1. The summed E-state index contributed by atoms with van der Waals surface area (Å²) in [5.41, 5.74) is 8.79. The van der Waals surface area contributed by atoms with Crippen LogP contribution in [0.1, 0.15) is 41.3 Å². The van der Waals surface area contributed by atoms with E-state index < -0.39 is 0 Å². The first-order chi connectivity index (χ1) is 9.16. The van der Waals surface area contributed by atoms with Crippen LogP contribution in [0.5, 0.6) is 0 Å². The van der Waals surface area contributed by atoms with Crippen molar-refractivity contribution < 1.29 is 0 Å². The van der Waals surface area contributed by atoms with Crippen molar-refractivity contribution in [3.8, 4) is 0 Å². The van der Waals surface area contributed by atoms with E-state index in [4.69, 9.17) is 5.73 Å². The topological polar surface area (TPSA) is 71.8 Å². The third kappa shape index (κ3) is 2.03. The van der Waals surface area contributed by atoms with E-state index in [1.807, 2.05) is 6.07 Å². The second-order valence-electron chi connectivity index (χ2n) is 5.11. The Morgan fingerprint density at radius 2 is 2.16 bits per heavy atom. The fourth-order valence-electron chi connectivity index (χ4n) is 2.77. The fraction of sp³-hybridized carbons (Fsp3) is 0.333. The van der Waals surface area contributed by atoms with Crippen LogP contribution >= 0.6 is 0 Å². The Kier molecular flexibility index (Phi) is 2.85. The molecule has 98 valence electrons. The molecule has 3 rings (SSSR count). The van der Waals surface area contributed by atoms with E-state index in [2.05, 4.69) is 28.2 Å². The van der Waals surface area contributed by atoms with Gasteiger partial charge in [-0.2, -0.15) is 0 Å². The van der Waals surface area contributed by atoms with Crippen LogP contribution in [0.3, 0.4) is 0 Å². The van der Waals surface area contributed by atoms with Gasteiger partial charge in [-0.3, -0.25) is 4.79 Å². The maximum atomic E-state index is 11.8. The number of aromatic nitrogens is 2. The molecule has 4 nitrogen and oxygen atoms in total. The Balaban J connectivity index is 2.12. The van der Waals surface area contributed by atoms with Gasteiger partial charge in [-0.1, -0.05) is 24.3 Å². The Labute approximate surface area is 111 Å². The predicted molar refractivity (Wildman–Crippen MR) is 75.2 cm³/mol. The molecule has 0 radical (unpaired) electrons. The maximum Gasteiger partial charge on any atom is 0.255 e. The molecular formula is C15H17N3O. The van der Waals surface area contributed by atoms with Gasteiger partial charge in [0.25, 0.3) is 5.56 Å². The van der Waals surface area contributed by atoms with Crippen LogP contribution < -0.4 is 11.3 Å². The number of nitrogens with two attached hydrogens (primary N) is 1. The van der Waals surface area contributed by atoms with E-state index in [0.29, 0.717) is 17.2 Å². The normalized spacial score (nSPS) is 18.1. The number of benzene rings is 1. The van der Waals surface area contributed by atoms with Crippen molar-refractivity contribution in [2.75, 3.05) is 5.73 Å². The van der Waals surface area contributed by atoms with E-state index in [-0.39, 0.29) is 11.5 Å². The first kappa shape index (κ1) is 12.0.